The molecule has 0 saturated carbocycles. The Morgan fingerprint density at radius 2 is 1.16 bits per heavy atom. The highest BCUT2D eigenvalue weighted by Crippen LogP contribution is 2.43. The summed E-state index contributed by atoms with van der Waals surface area (Å²) in [6, 6.07) is 26.7. The third-order valence-corrected chi connectivity index (χ3v) is 10.3. The topological polar surface area (TPSA) is 146 Å². The summed E-state index contributed by atoms with van der Waals surface area (Å²) in [5.74, 6) is -2.65. The fourth-order valence-electron chi connectivity index (χ4n) is 6.82. The molecule has 300 valence electrons. The highest BCUT2D eigenvalue weighted by Gasteiger charge is 2.42. The van der Waals surface area contributed by atoms with Crippen LogP contribution in [0.2, 0.25) is 0 Å². The number of alkyl carbamates (subject to hydrolysis) is 1. The van der Waals surface area contributed by atoms with Gasteiger partial charge in [0.25, 0.3) is 0 Å². The fourth-order valence-corrected chi connectivity index (χ4v) is 7.16. The van der Waals surface area contributed by atoms with Crippen molar-refractivity contribution >= 4 is 36.5 Å². The number of carboxylic acids is 1. The number of benzene rings is 3. The number of carboxylic acid groups (broad SMARTS) is 1. The zero-order valence-corrected chi connectivity index (χ0v) is 34.7. The van der Waals surface area contributed by atoms with Crippen LogP contribution in [0, 0.1) is 17.8 Å². The molecule has 55 heavy (non-hydrogen) atoms. The largest absolute Gasteiger partial charge is 0.480 e. The number of rotatable bonds is 19. The molecule has 0 radical (unpaired) electrons. The van der Waals surface area contributed by atoms with E-state index in [1.54, 1.807) is 20.8 Å². The highest BCUT2D eigenvalue weighted by atomic mass is 32.1. The van der Waals surface area contributed by atoms with Crippen molar-refractivity contribution in [1.82, 2.24) is 21.3 Å². The molecule has 3 amide bonds. The number of thiol groups is 1. The van der Waals surface area contributed by atoms with Crippen molar-refractivity contribution in [3.63, 3.8) is 0 Å². The normalized spacial score (nSPS) is 15.3. The van der Waals surface area contributed by atoms with Crippen LogP contribution in [0.1, 0.15) is 98.3 Å². The predicted molar refractivity (Wildman–Crippen MR) is 222 cm³/mol. The second-order valence-corrected chi connectivity index (χ2v) is 16.8. The first-order valence-electron chi connectivity index (χ1n) is 19.3. The number of amides is 3. The van der Waals surface area contributed by atoms with Crippen LogP contribution in [0.15, 0.2) is 91.0 Å². The van der Waals surface area contributed by atoms with Gasteiger partial charge in [-0.1, -0.05) is 139 Å². The molecule has 0 aliphatic heterocycles. The fraction of sp³-hybridized carbons (Fsp3) is 0.500. The molecule has 0 fully saturated rings. The van der Waals surface area contributed by atoms with E-state index in [-0.39, 0.29) is 24.2 Å². The van der Waals surface area contributed by atoms with Gasteiger partial charge < -0.3 is 25.8 Å². The second-order valence-electron chi connectivity index (χ2n) is 16.2. The van der Waals surface area contributed by atoms with Crippen molar-refractivity contribution in [2.24, 2.45) is 17.8 Å². The van der Waals surface area contributed by atoms with Crippen molar-refractivity contribution in [2.75, 3.05) is 0 Å². The van der Waals surface area contributed by atoms with Crippen LogP contribution >= 0.6 is 12.6 Å². The van der Waals surface area contributed by atoms with E-state index in [9.17, 15) is 24.3 Å². The lowest BCUT2D eigenvalue weighted by Gasteiger charge is -2.41. The zero-order chi connectivity index (χ0) is 40.9. The van der Waals surface area contributed by atoms with Gasteiger partial charge in [-0.05, 0) is 68.1 Å². The Bertz CT molecular complexity index is 1570. The Balaban J connectivity index is 2.08. The van der Waals surface area contributed by atoms with Gasteiger partial charge in [0.1, 0.15) is 17.7 Å². The molecular weight excluding hydrogens is 713 g/mol. The van der Waals surface area contributed by atoms with Crippen LogP contribution in [0.25, 0.3) is 0 Å². The van der Waals surface area contributed by atoms with Crippen LogP contribution in [0.5, 0.6) is 0 Å². The molecule has 6 atom stereocenters. The molecule has 10 nitrogen and oxygen atoms in total. The average molecular weight is 775 g/mol. The number of nitrogens with one attached hydrogen (secondary N) is 4. The van der Waals surface area contributed by atoms with Gasteiger partial charge in [0.15, 0.2) is 0 Å². The predicted octanol–water partition coefficient (Wildman–Crippen LogP) is 7.32. The van der Waals surface area contributed by atoms with Gasteiger partial charge in [-0.2, -0.15) is 12.6 Å². The van der Waals surface area contributed by atoms with Crippen LogP contribution in [0.4, 0.5) is 4.79 Å². The first kappa shape index (κ1) is 45.0. The average Bonchev–Trinajstić information content (AvgIpc) is 3.13. The van der Waals surface area contributed by atoms with E-state index in [4.69, 9.17) is 17.4 Å². The van der Waals surface area contributed by atoms with Crippen LogP contribution < -0.4 is 21.3 Å². The van der Waals surface area contributed by atoms with Crippen molar-refractivity contribution < 1.29 is 29.0 Å². The molecule has 0 aliphatic carbocycles. The Labute approximate surface area is 333 Å². The number of aliphatic carboxylic acids is 1. The molecule has 0 spiro atoms. The summed E-state index contributed by atoms with van der Waals surface area (Å²) < 4.78 is 5.76. The zero-order valence-electron chi connectivity index (χ0n) is 33.8. The van der Waals surface area contributed by atoms with Crippen LogP contribution in [-0.2, 0) is 24.5 Å². The molecule has 0 aliphatic rings. The van der Waals surface area contributed by atoms with Gasteiger partial charge in [-0.3, -0.25) is 14.9 Å². The van der Waals surface area contributed by atoms with E-state index in [1.165, 1.54) is 0 Å². The lowest BCUT2D eigenvalue weighted by molar-refractivity contribution is -0.143. The minimum Gasteiger partial charge on any atom is -0.480 e. The summed E-state index contributed by atoms with van der Waals surface area (Å²) in [5, 5.41) is 21.1. The smallest absolute Gasteiger partial charge is 0.407 e. The molecule has 3 aromatic carbocycles. The monoisotopic (exact) mass is 774 g/mol. The van der Waals surface area contributed by atoms with E-state index in [2.05, 4.69) is 57.7 Å². The Hall–Kier alpha value is -4.35. The lowest BCUT2D eigenvalue weighted by atomic mass is 9.66. The van der Waals surface area contributed by atoms with Crippen molar-refractivity contribution in [3.05, 3.63) is 108 Å². The van der Waals surface area contributed by atoms with E-state index in [0.29, 0.717) is 12.8 Å². The molecule has 5 N–H and O–H groups in total. The Morgan fingerprint density at radius 3 is 1.55 bits per heavy atom. The van der Waals surface area contributed by atoms with Crippen molar-refractivity contribution in [1.29, 1.82) is 0 Å². The third kappa shape index (κ3) is 12.9. The summed E-state index contributed by atoms with van der Waals surface area (Å²) in [6.45, 7) is 16.7. The minimum atomic E-state index is -1.13. The standard InChI is InChI=1S/C44H62N4O6S/c1-10-30(6)37(39(50)45-34(41(51)52)26-28(2)3)47-38(49)36(29(4)5)48-40(55)35(46-42(53)54-43(7,8)9)27-44(31-20-14-11-15-21-31,32-22-16-12-17-23-32)33-24-18-13-19-25-33/h11-25,28-30,34-37,40,48,55H,10,26-27H2,1-9H3,(H,45,50)(H,46,53)(H,47,49)(H,51,52). The van der Waals surface area contributed by atoms with E-state index >= 15 is 0 Å². The van der Waals surface area contributed by atoms with E-state index in [0.717, 1.165) is 16.7 Å². The molecule has 0 aromatic heterocycles. The van der Waals surface area contributed by atoms with Gasteiger partial charge in [0.05, 0.1) is 17.5 Å². The molecule has 0 bridgehead atoms. The van der Waals surface area contributed by atoms with Gasteiger partial charge in [0.2, 0.25) is 11.8 Å². The van der Waals surface area contributed by atoms with Crippen LogP contribution in [-0.4, -0.2) is 64.1 Å². The summed E-state index contributed by atoms with van der Waals surface area (Å²) in [4.78, 5) is 53.4. The third-order valence-electron chi connectivity index (χ3n) is 9.82. The summed E-state index contributed by atoms with van der Waals surface area (Å²) in [7, 11) is 0. The van der Waals surface area contributed by atoms with E-state index in [1.807, 2.05) is 96.1 Å². The molecule has 6 unspecified atom stereocenters. The highest BCUT2D eigenvalue weighted by molar-refractivity contribution is 7.81. The van der Waals surface area contributed by atoms with Crippen LogP contribution in [0.3, 0.4) is 0 Å². The first-order valence-corrected chi connectivity index (χ1v) is 19.8. The molecule has 3 aromatic rings. The summed E-state index contributed by atoms with van der Waals surface area (Å²) in [6.07, 6.45) is 0.511. The molecule has 0 heterocycles. The number of hydrogen-bond donors (Lipinski definition) is 6. The molecule has 3 rings (SSSR count). The maximum Gasteiger partial charge on any atom is 0.407 e. The maximum absolute atomic E-state index is 14.2. The van der Waals surface area contributed by atoms with Crippen molar-refractivity contribution in [3.8, 4) is 0 Å². The second kappa shape index (κ2) is 20.5. The minimum absolute atomic E-state index is 0.0338. The maximum atomic E-state index is 14.2. The number of carbonyl (C=O) groups is 4. The molecule has 11 heteroatoms. The SMILES string of the molecule is CCC(C)C(NC(=O)C(NC(S)C(CC(c1ccccc1)(c1ccccc1)c1ccccc1)NC(=O)OC(C)(C)C)C(C)C)C(=O)NC(CC(C)C)C(=O)O. The van der Waals surface area contributed by atoms with Gasteiger partial charge >= 0.3 is 12.1 Å². The number of ether oxygens (including phenoxy) is 1. The Morgan fingerprint density at radius 1 is 0.709 bits per heavy atom. The van der Waals surface area contributed by atoms with E-state index < -0.39 is 64.4 Å². The first-order chi connectivity index (χ1) is 25.9. The molecular formula is C44H62N4O6S. The Kier molecular flexibility index (Phi) is 16.8. The quantitative estimate of drug-likeness (QED) is 0.0425. The summed E-state index contributed by atoms with van der Waals surface area (Å²) in [5.41, 5.74) is 1.45. The van der Waals surface area contributed by atoms with Gasteiger partial charge in [0, 0.05) is 5.41 Å². The lowest BCUT2D eigenvalue weighted by Crippen LogP contribution is -2.61. The van der Waals surface area contributed by atoms with Gasteiger partial charge in [-0.15, -0.1) is 0 Å². The molecule has 0 saturated heterocycles. The summed E-state index contributed by atoms with van der Waals surface area (Å²) >= 11 is 5.07. The number of carbonyl (C=O) groups excluding carboxylic acids is 3. The number of hydrogen-bond acceptors (Lipinski definition) is 7. The van der Waals surface area contributed by atoms with Gasteiger partial charge in [-0.25, -0.2) is 9.59 Å². The van der Waals surface area contributed by atoms with Crippen molar-refractivity contribution in [2.45, 2.75) is 122 Å².